The van der Waals surface area contributed by atoms with Gasteiger partial charge in [-0.25, -0.2) is 0 Å². The van der Waals surface area contributed by atoms with Crippen molar-refractivity contribution in [1.82, 2.24) is 10.2 Å². The second-order valence-corrected chi connectivity index (χ2v) is 6.52. The van der Waals surface area contributed by atoms with Gasteiger partial charge in [-0.3, -0.25) is 4.99 Å². The summed E-state index contributed by atoms with van der Waals surface area (Å²) < 4.78 is 5.37. The largest absolute Gasteiger partial charge is 0.377 e. The van der Waals surface area contributed by atoms with Gasteiger partial charge >= 0.3 is 0 Å². The molecule has 130 valence electrons. The molecule has 0 saturated carbocycles. The van der Waals surface area contributed by atoms with Crippen molar-refractivity contribution in [3.05, 3.63) is 47.5 Å². The molecular formula is C20H29N3O. The summed E-state index contributed by atoms with van der Waals surface area (Å²) in [6.45, 7) is 7.70. The number of hydrogen-bond donors (Lipinski definition) is 1. The number of aliphatic imine (C=N–C) groups is 1. The lowest BCUT2D eigenvalue weighted by molar-refractivity contribution is 0.153. The van der Waals surface area contributed by atoms with Gasteiger partial charge in [-0.1, -0.05) is 42.0 Å². The van der Waals surface area contributed by atoms with Crippen molar-refractivity contribution in [2.75, 3.05) is 39.4 Å². The number of rotatable bonds is 5. The van der Waals surface area contributed by atoms with Gasteiger partial charge in [0, 0.05) is 32.1 Å². The van der Waals surface area contributed by atoms with E-state index in [4.69, 9.17) is 9.73 Å². The predicted molar refractivity (Wildman–Crippen MR) is 99.5 cm³/mol. The Morgan fingerprint density at radius 2 is 2.21 bits per heavy atom. The first-order valence-corrected chi connectivity index (χ1v) is 9.20. The maximum absolute atomic E-state index is 5.37. The number of likely N-dealkylation sites (tertiary alicyclic amines) is 1. The highest BCUT2D eigenvalue weighted by Gasteiger charge is 2.25. The van der Waals surface area contributed by atoms with Gasteiger partial charge in [-0.05, 0) is 31.7 Å². The van der Waals surface area contributed by atoms with Gasteiger partial charge in [0.15, 0.2) is 5.96 Å². The Morgan fingerprint density at radius 1 is 1.33 bits per heavy atom. The van der Waals surface area contributed by atoms with Crippen molar-refractivity contribution in [2.45, 2.75) is 32.1 Å². The van der Waals surface area contributed by atoms with E-state index in [1.165, 1.54) is 17.6 Å². The van der Waals surface area contributed by atoms with Crippen LogP contribution in [0.4, 0.5) is 0 Å². The first-order chi connectivity index (χ1) is 11.9. The minimum Gasteiger partial charge on any atom is -0.377 e. The molecule has 1 N–H and O–H groups in total. The third-order valence-electron chi connectivity index (χ3n) is 4.85. The SMILES string of the molecule is CCNC(=NCCC1=CCOCC1)N1CCC(c2ccccc2)C1. The lowest BCUT2D eigenvalue weighted by Gasteiger charge is -2.22. The Morgan fingerprint density at radius 3 is 2.96 bits per heavy atom. The quantitative estimate of drug-likeness (QED) is 0.513. The van der Waals surface area contributed by atoms with Crippen LogP contribution in [0.1, 0.15) is 37.7 Å². The Balaban J connectivity index is 1.57. The lowest BCUT2D eigenvalue weighted by atomic mass is 9.99. The van der Waals surface area contributed by atoms with Crippen LogP contribution in [0.15, 0.2) is 47.0 Å². The molecule has 0 aliphatic carbocycles. The highest BCUT2D eigenvalue weighted by Crippen LogP contribution is 2.26. The Hall–Kier alpha value is -1.81. The van der Waals surface area contributed by atoms with Gasteiger partial charge in [0.1, 0.15) is 0 Å². The van der Waals surface area contributed by atoms with Crippen molar-refractivity contribution < 1.29 is 4.74 Å². The smallest absolute Gasteiger partial charge is 0.193 e. The molecule has 0 bridgehead atoms. The van der Waals surface area contributed by atoms with Crippen LogP contribution in [-0.4, -0.2) is 50.3 Å². The molecule has 0 aromatic heterocycles. The fourth-order valence-electron chi connectivity index (χ4n) is 3.47. The monoisotopic (exact) mass is 327 g/mol. The molecule has 1 aromatic rings. The molecule has 1 fully saturated rings. The summed E-state index contributed by atoms with van der Waals surface area (Å²) in [7, 11) is 0. The summed E-state index contributed by atoms with van der Waals surface area (Å²) in [6, 6.07) is 10.9. The molecule has 2 heterocycles. The average Bonchev–Trinajstić information content (AvgIpc) is 3.13. The predicted octanol–water partition coefficient (Wildman–Crippen LogP) is 3.18. The topological polar surface area (TPSA) is 36.9 Å². The zero-order chi connectivity index (χ0) is 16.6. The summed E-state index contributed by atoms with van der Waals surface area (Å²) in [6.07, 6.45) is 5.53. The molecule has 1 saturated heterocycles. The number of nitrogens with zero attached hydrogens (tertiary/aromatic N) is 2. The molecule has 1 atom stereocenters. The molecule has 24 heavy (non-hydrogen) atoms. The molecular weight excluding hydrogens is 298 g/mol. The van der Waals surface area contributed by atoms with Crippen LogP contribution in [0.3, 0.4) is 0 Å². The van der Waals surface area contributed by atoms with Crippen molar-refractivity contribution in [3.63, 3.8) is 0 Å². The van der Waals surface area contributed by atoms with Crippen LogP contribution >= 0.6 is 0 Å². The first-order valence-electron chi connectivity index (χ1n) is 9.20. The maximum Gasteiger partial charge on any atom is 0.193 e. The van der Waals surface area contributed by atoms with E-state index in [0.29, 0.717) is 5.92 Å². The van der Waals surface area contributed by atoms with Gasteiger partial charge in [-0.2, -0.15) is 0 Å². The minimum atomic E-state index is 0.619. The van der Waals surface area contributed by atoms with E-state index < -0.39 is 0 Å². The van der Waals surface area contributed by atoms with E-state index in [2.05, 4.69) is 53.5 Å². The van der Waals surface area contributed by atoms with Gasteiger partial charge in [0.2, 0.25) is 0 Å². The molecule has 1 aromatic carbocycles. The molecule has 2 aliphatic rings. The third kappa shape index (κ3) is 4.60. The Labute approximate surface area is 145 Å². The molecule has 4 heteroatoms. The molecule has 3 rings (SSSR count). The van der Waals surface area contributed by atoms with E-state index in [1.54, 1.807) is 0 Å². The summed E-state index contributed by atoms with van der Waals surface area (Å²) in [5.74, 6) is 1.69. The molecule has 0 spiro atoms. The van der Waals surface area contributed by atoms with Crippen LogP contribution < -0.4 is 5.32 Å². The van der Waals surface area contributed by atoms with E-state index in [0.717, 1.165) is 58.2 Å². The number of ether oxygens (including phenoxy) is 1. The van der Waals surface area contributed by atoms with Crippen molar-refractivity contribution in [2.24, 2.45) is 4.99 Å². The van der Waals surface area contributed by atoms with Crippen molar-refractivity contribution in [3.8, 4) is 0 Å². The average molecular weight is 327 g/mol. The standard InChI is InChI=1S/C20H29N3O/c1-2-21-20(22-12-8-17-10-14-24-15-11-17)23-13-9-19(16-23)18-6-4-3-5-7-18/h3-7,10,19H,2,8-9,11-16H2,1H3,(H,21,22). The van der Waals surface area contributed by atoms with Gasteiger partial charge in [0.25, 0.3) is 0 Å². The first kappa shape index (κ1) is 17.0. The normalized spacial score (nSPS) is 21.7. The molecule has 2 aliphatic heterocycles. The van der Waals surface area contributed by atoms with E-state index in [-0.39, 0.29) is 0 Å². The van der Waals surface area contributed by atoms with Gasteiger partial charge in [0.05, 0.1) is 13.2 Å². The third-order valence-corrected chi connectivity index (χ3v) is 4.85. The Bertz CT molecular complexity index is 568. The van der Waals surface area contributed by atoms with Crippen LogP contribution in [0.5, 0.6) is 0 Å². The number of hydrogen-bond acceptors (Lipinski definition) is 2. The summed E-state index contributed by atoms with van der Waals surface area (Å²) in [4.78, 5) is 7.28. The van der Waals surface area contributed by atoms with E-state index in [9.17, 15) is 0 Å². The summed E-state index contributed by atoms with van der Waals surface area (Å²) in [5, 5.41) is 3.47. The molecule has 0 radical (unpaired) electrons. The second-order valence-electron chi connectivity index (χ2n) is 6.52. The molecule has 4 nitrogen and oxygen atoms in total. The van der Waals surface area contributed by atoms with Crippen LogP contribution in [0.25, 0.3) is 0 Å². The minimum absolute atomic E-state index is 0.619. The Kier molecular flexibility index (Phi) is 6.30. The van der Waals surface area contributed by atoms with Crippen LogP contribution in [0.2, 0.25) is 0 Å². The highest BCUT2D eigenvalue weighted by atomic mass is 16.5. The lowest BCUT2D eigenvalue weighted by Crippen LogP contribution is -2.40. The summed E-state index contributed by atoms with van der Waals surface area (Å²) >= 11 is 0. The second kappa shape index (κ2) is 8.88. The highest BCUT2D eigenvalue weighted by molar-refractivity contribution is 5.80. The zero-order valence-corrected chi connectivity index (χ0v) is 14.7. The van der Waals surface area contributed by atoms with Gasteiger partial charge < -0.3 is 15.0 Å². The maximum atomic E-state index is 5.37. The fraction of sp³-hybridized carbons (Fsp3) is 0.550. The van der Waals surface area contributed by atoms with Crippen molar-refractivity contribution in [1.29, 1.82) is 0 Å². The number of benzene rings is 1. The van der Waals surface area contributed by atoms with Crippen molar-refractivity contribution >= 4 is 5.96 Å². The van der Waals surface area contributed by atoms with Gasteiger partial charge in [-0.15, -0.1) is 0 Å². The fourth-order valence-corrected chi connectivity index (χ4v) is 3.47. The number of guanidine groups is 1. The van der Waals surface area contributed by atoms with Crippen LogP contribution in [0, 0.1) is 0 Å². The van der Waals surface area contributed by atoms with E-state index >= 15 is 0 Å². The number of nitrogens with one attached hydrogen (secondary N) is 1. The molecule has 1 unspecified atom stereocenters. The van der Waals surface area contributed by atoms with Crippen LogP contribution in [-0.2, 0) is 4.74 Å². The summed E-state index contributed by atoms with van der Waals surface area (Å²) in [5.41, 5.74) is 2.94. The van der Waals surface area contributed by atoms with E-state index in [1.807, 2.05) is 0 Å². The molecule has 0 amide bonds. The zero-order valence-electron chi connectivity index (χ0n) is 14.7.